The Morgan fingerprint density at radius 2 is 2.00 bits per heavy atom. The maximum absolute atomic E-state index is 11.9. The third kappa shape index (κ3) is 2.83. The zero-order valence-electron chi connectivity index (χ0n) is 11.7. The number of rotatable bonds is 3. The first-order chi connectivity index (χ1) is 9.15. The summed E-state index contributed by atoms with van der Waals surface area (Å²) < 4.78 is 4.85. The van der Waals surface area contributed by atoms with E-state index in [9.17, 15) is 4.79 Å². The number of carbonyl (C=O) groups excluding carboxylic acids is 1. The van der Waals surface area contributed by atoms with Gasteiger partial charge in [0.25, 0.3) is 0 Å². The molecule has 0 radical (unpaired) electrons. The van der Waals surface area contributed by atoms with Crippen LogP contribution in [0.15, 0.2) is 18.2 Å². The smallest absolute Gasteiger partial charge is 0.340 e. The van der Waals surface area contributed by atoms with Crippen LogP contribution in [0.25, 0.3) is 0 Å². The SMILES string of the molecule is COC(=O)c1cccc(N)c1N(C)C1CCCCC1. The van der Waals surface area contributed by atoms with Crippen molar-refractivity contribution in [2.24, 2.45) is 0 Å². The lowest BCUT2D eigenvalue weighted by atomic mass is 9.93. The molecule has 0 bridgehead atoms. The van der Waals surface area contributed by atoms with Crippen LogP contribution in [0.4, 0.5) is 11.4 Å². The number of nitrogens with two attached hydrogens (primary N) is 1. The molecule has 2 N–H and O–H groups in total. The predicted octanol–water partition coefficient (Wildman–Crippen LogP) is 2.82. The van der Waals surface area contributed by atoms with Gasteiger partial charge in [-0.15, -0.1) is 0 Å². The predicted molar refractivity (Wildman–Crippen MR) is 77.5 cm³/mol. The van der Waals surface area contributed by atoms with Gasteiger partial charge in [0.2, 0.25) is 0 Å². The van der Waals surface area contributed by atoms with E-state index >= 15 is 0 Å². The van der Waals surface area contributed by atoms with Gasteiger partial charge in [0.15, 0.2) is 0 Å². The van der Waals surface area contributed by atoms with E-state index in [4.69, 9.17) is 10.5 Å². The molecule has 1 saturated carbocycles. The molecule has 0 spiro atoms. The monoisotopic (exact) mass is 262 g/mol. The number of hydrogen-bond acceptors (Lipinski definition) is 4. The Bertz CT molecular complexity index is 453. The number of anilines is 2. The van der Waals surface area contributed by atoms with Gasteiger partial charge in [0.1, 0.15) is 0 Å². The summed E-state index contributed by atoms with van der Waals surface area (Å²) in [6.45, 7) is 0. The molecule has 0 unspecified atom stereocenters. The topological polar surface area (TPSA) is 55.6 Å². The van der Waals surface area contributed by atoms with Crippen LogP contribution in [0, 0.1) is 0 Å². The molecule has 1 fully saturated rings. The van der Waals surface area contributed by atoms with Gasteiger partial charge in [-0.2, -0.15) is 0 Å². The van der Waals surface area contributed by atoms with Crippen molar-refractivity contribution >= 4 is 17.3 Å². The Morgan fingerprint density at radius 1 is 1.32 bits per heavy atom. The highest BCUT2D eigenvalue weighted by Gasteiger charge is 2.24. The molecule has 0 saturated heterocycles. The fourth-order valence-electron chi connectivity index (χ4n) is 2.88. The summed E-state index contributed by atoms with van der Waals surface area (Å²) in [7, 11) is 3.42. The second-order valence-corrected chi connectivity index (χ2v) is 5.14. The van der Waals surface area contributed by atoms with Crippen molar-refractivity contribution in [3.63, 3.8) is 0 Å². The Labute approximate surface area is 114 Å². The van der Waals surface area contributed by atoms with Gasteiger partial charge >= 0.3 is 5.97 Å². The van der Waals surface area contributed by atoms with E-state index in [1.54, 1.807) is 12.1 Å². The number of carbonyl (C=O) groups is 1. The highest BCUT2D eigenvalue weighted by atomic mass is 16.5. The number of methoxy groups -OCH3 is 1. The summed E-state index contributed by atoms with van der Waals surface area (Å²) in [6, 6.07) is 5.86. The summed E-state index contributed by atoms with van der Waals surface area (Å²) in [5.74, 6) is -0.329. The third-order valence-corrected chi connectivity index (χ3v) is 3.95. The first kappa shape index (κ1) is 13.7. The minimum atomic E-state index is -0.329. The molecule has 0 atom stereocenters. The number of ether oxygens (including phenoxy) is 1. The Kier molecular flexibility index (Phi) is 4.30. The van der Waals surface area contributed by atoms with E-state index in [-0.39, 0.29) is 5.97 Å². The van der Waals surface area contributed by atoms with E-state index in [1.807, 2.05) is 13.1 Å². The summed E-state index contributed by atoms with van der Waals surface area (Å²) >= 11 is 0. The molecule has 0 aliphatic heterocycles. The Hall–Kier alpha value is -1.71. The molecule has 19 heavy (non-hydrogen) atoms. The number of benzene rings is 1. The molecule has 0 heterocycles. The van der Waals surface area contributed by atoms with Crippen molar-refractivity contribution < 1.29 is 9.53 Å². The van der Waals surface area contributed by atoms with Crippen molar-refractivity contribution in [2.45, 2.75) is 38.1 Å². The van der Waals surface area contributed by atoms with Crippen LogP contribution in [-0.4, -0.2) is 26.2 Å². The standard InChI is InChI=1S/C15H22N2O2/c1-17(11-7-4-3-5-8-11)14-12(15(18)19-2)9-6-10-13(14)16/h6,9-11H,3-5,7-8,16H2,1-2H3. The first-order valence-electron chi connectivity index (χ1n) is 6.84. The first-order valence-corrected chi connectivity index (χ1v) is 6.84. The third-order valence-electron chi connectivity index (χ3n) is 3.95. The molecule has 2 rings (SSSR count). The molecule has 0 aromatic heterocycles. The van der Waals surface area contributed by atoms with Gasteiger partial charge in [-0.05, 0) is 25.0 Å². The summed E-state index contributed by atoms with van der Waals surface area (Å²) in [4.78, 5) is 14.0. The number of para-hydroxylation sites is 1. The van der Waals surface area contributed by atoms with Crippen molar-refractivity contribution in [3.8, 4) is 0 Å². The van der Waals surface area contributed by atoms with Crippen LogP contribution in [0.1, 0.15) is 42.5 Å². The van der Waals surface area contributed by atoms with Crippen LogP contribution in [-0.2, 0) is 4.74 Å². The molecule has 4 heteroatoms. The molecule has 1 aromatic carbocycles. The zero-order chi connectivity index (χ0) is 13.8. The summed E-state index contributed by atoms with van der Waals surface area (Å²) in [5, 5.41) is 0. The van der Waals surface area contributed by atoms with E-state index < -0.39 is 0 Å². The average Bonchev–Trinajstić information content (AvgIpc) is 2.46. The molecule has 1 aliphatic rings. The number of nitrogens with zero attached hydrogens (tertiary/aromatic N) is 1. The Balaban J connectivity index is 2.33. The second kappa shape index (κ2) is 5.95. The number of esters is 1. The van der Waals surface area contributed by atoms with Gasteiger partial charge in [-0.25, -0.2) is 4.79 Å². The number of nitrogen functional groups attached to an aromatic ring is 1. The van der Waals surface area contributed by atoms with E-state index in [2.05, 4.69) is 4.90 Å². The zero-order valence-corrected chi connectivity index (χ0v) is 11.7. The van der Waals surface area contributed by atoms with Crippen molar-refractivity contribution in [1.82, 2.24) is 0 Å². The van der Waals surface area contributed by atoms with Gasteiger partial charge in [-0.1, -0.05) is 25.3 Å². The van der Waals surface area contributed by atoms with Gasteiger partial charge in [0.05, 0.1) is 24.0 Å². The van der Waals surface area contributed by atoms with Gasteiger partial charge in [0, 0.05) is 13.1 Å². The second-order valence-electron chi connectivity index (χ2n) is 5.14. The molecule has 1 aliphatic carbocycles. The lowest BCUT2D eigenvalue weighted by Gasteiger charge is -2.34. The number of hydrogen-bond donors (Lipinski definition) is 1. The molecular weight excluding hydrogens is 240 g/mol. The van der Waals surface area contributed by atoms with Crippen molar-refractivity contribution in [1.29, 1.82) is 0 Å². The van der Waals surface area contributed by atoms with E-state index in [0.717, 1.165) is 18.5 Å². The van der Waals surface area contributed by atoms with E-state index in [1.165, 1.54) is 26.4 Å². The molecular formula is C15H22N2O2. The summed E-state index contributed by atoms with van der Waals surface area (Å²) in [6.07, 6.45) is 6.11. The van der Waals surface area contributed by atoms with Crippen LogP contribution < -0.4 is 10.6 Å². The molecule has 0 amide bonds. The maximum Gasteiger partial charge on any atom is 0.340 e. The molecule has 4 nitrogen and oxygen atoms in total. The van der Waals surface area contributed by atoms with Gasteiger partial charge < -0.3 is 15.4 Å². The minimum Gasteiger partial charge on any atom is -0.465 e. The normalized spacial score (nSPS) is 16.1. The largest absolute Gasteiger partial charge is 0.465 e. The van der Waals surface area contributed by atoms with Crippen LogP contribution >= 0.6 is 0 Å². The van der Waals surface area contributed by atoms with Crippen LogP contribution in [0.5, 0.6) is 0 Å². The van der Waals surface area contributed by atoms with Crippen LogP contribution in [0.2, 0.25) is 0 Å². The highest BCUT2D eigenvalue weighted by molar-refractivity contribution is 5.99. The fraction of sp³-hybridized carbons (Fsp3) is 0.533. The fourth-order valence-corrected chi connectivity index (χ4v) is 2.88. The van der Waals surface area contributed by atoms with E-state index in [0.29, 0.717) is 17.3 Å². The lowest BCUT2D eigenvalue weighted by molar-refractivity contribution is 0.0601. The molecule has 1 aromatic rings. The average molecular weight is 262 g/mol. The minimum absolute atomic E-state index is 0.329. The maximum atomic E-state index is 11.9. The van der Waals surface area contributed by atoms with Crippen LogP contribution in [0.3, 0.4) is 0 Å². The van der Waals surface area contributed by atoms with Gasteiger partial charge in [-0.3, -0.25) is 0 Å². The van der Waals surface area contributed by atoms with Crippen molar-refractivity contribution in [3.05, 3.63) is 23.8 Å². The quantitative estimate of drug-likeness (QED) is 0.672. The van der Waals surface area contributed by atoms with Crippen molar-refractivity contribution in [2.75, 3.05) is 24.8 Å². The summed E-state index contributed by atoms with van der Waals surface area (Å²) in [5.41, 5.74) is 8.07. The highest BCUT2D eigenvalue weighted by Crippen LogP contribution is 2.33. The Morgan fingerprint density at radius 3 is 2.63 bits per heavy atom. The lowest BCUT2D eigenvalue weighted by Crippen LogP contribution is -2.35. The molecule has 104 valence electrons.